The highest BCUT2D eigenvalue weighted by molar-refractivity contribution is 7.80. The maximum Gasteiger partial charge on any atom is 0.260 e. The van der Waals surface area contributed by atoms with Gasteiger partial charge in [0.25, 0.3) is 5.91 Å². The van der Waals surface area contributed by atoms with Crippen molar-refractivity contribution in [3.8, 4) is 5.75 Å². The number of carbonyl (C=O) groups excluding carboxylic acids is 1. The lowest BCUT2D eigenvalue weighted by Crippen LogP contribution is -2.50. The Labute approximate surface area is 175 Å². The van der Waals surface area contributed by atoms with Crippen molar-refractivity contribution in [1.29, 1.82) is 0 Å². The van der Waals surface area contributed by atoms with Crippen LogP contribution in [0.1, 0.15) is 18.9 Å². The van der Waals surface area contributed by atoms with Crippen molar-refractivity contribution < 1.29 is 18.3 Å². The number of rotatable bonds is 7. The highest BCUT2D eigenvalue weighted by Crippen LogP contribution is 2.20. The van der Waals surface area contributed by atoms with Crippen LogP contribution in [-0.4, -0.2) is 48.5 Å². The minimum atomic E-state index is -0.864. The lowest BCUT2D eigenvalue weighted by molar-refractivity contribution is -0.133. The molecule has 0 aliphatic carbocycles. The standard InChI is InChI=1S/C22H24F2N2O2S/c1-2-19(29)13-16-3-6-18(7-4-16)28-15-22(27)26-11-9-25(10-12-26)17-5-8-20(23)21(24)14-17/h3-8,14H,2,9-13,15H2,1H3. The van der Waals surface area contributed by atoms with E-state index >= 15 is 0 Å². The number of thiocarbonyl (C=S) groups is 1. The van der Waals surface area contributed by atoms with Crippen molar-refractivity contribution in [2.45, 2.75) is 19.8 Å². The second-order valence-electron chi connectivity index (χ2n) is 6.97. The number of amides is 1. The molecular formula is C22H24F2N2O2S. The summed E-state index contributed by atoms with van der Waals surface area (Å²) in [5.41, 5.74) is 1.75. The lowest BCUT2D eigenvalue weighted by atomic mass is 10.1. The minimum absolute atomic E-state index is 0.0299. The first kappa shape index (κ1) is 21.2. The fourth-order valence-electron chi connectivity index (χ4n) is 3.19. The first-order chi connectivity index (χ1) is 14.0. The SMILES string of the molecule is CCC(=S)Cc1ccc(OCC(=O)N2CCN(c3ccc(F)c(F)c3)CC2)cc1. The van der Waals surface area contributed by atoms with E-state index in [1.54, 1.807) is 11.0 Å². The van der Waals surface area contributed by atoms with Gasteiger partial charge in [0.05, 0.1) is 0 Å². The van der Waals surface area contributed by atoms with E-state index in [9.17, 15) is 13.6 Å². The number of hydrogen-bond acceptors (Lipinski definition) is 4. The largest absolute Gasteiger partial charge is 0.484 e. The molecule has 0 bridgehead atoms. The number of halogens is 2. The van der Waals surface area contributed by atoms with Crippen molar-refractivity contribution in [3.63, 3.8) is 0 Å². The van der Waals surface area contributed by atoms with E-state index in [0.717, 1.165) is 29.3 Å². The van der Waals surface area contributed by atoms with Crippen molar-refractivity contribution in [3.05, 3.63) is 59.7 Å². The molecule has 2 aromatic carbocycles. The third-order valence-electron chi connectivity index (χ3n) is 4.98. The molecule has 1 amide bonds. The lowest BCUT2D eigenvalue weighted by Gasteiger charge is -2.36. The van der Waals surface area contributed by atoms with Crippen LogP contribution >= 0.6 is 12.2 Å². The van der Waals surface area contributed by atoms with Crippen molar-refractivity contribution in [2.24, 2.45) is 0 Å². The summed E-state index contributed by atoms with van der Waals surface area (Å²) in [4.78, 5) is 17.1. The van der Waals surface area contributed by atoms with Crippen LogP contribution in [0.15, 0.2) is 42.5 Å². The quantitative estimate of drug-likeness (QED) is 0.636. The molecule has 1 fully saturated rings. The normalized spacial score (nSPS) is 14.0. The van der Waals surface area contributed by atoms with Crippen LogP contribution in [0.3, 0.4) is 0 Å². The van der Waals surface area contributed by atoms with E-state index in [1.165, 1.54) is 6.07 Å². The fraction of sp³-hybridized carbons (Fsp3) is 0.364. The highest BCUT2D eigenvalue weighted by Gasteiger charge is 2.22. The van der Waals surface area contributed by atoms with Gasteiger partial charge in [-0.25, -0.2) is 8.78 Å². The number of piperazine rings is 1. The van der Waals surface area contributed by atoms with Crippen LogP contribution in [0.25, 0.3) is 0 Å². The van der Waals surface area contributed by atoms with Crippen LogP contribution in [0.5, 0.6) is 5.75 Å². The molecule has 0 spiro atoms. The molecule has 1 aliphatic rings. The smallest absolute Gasteiger partial charge is 0.260 e. The molecule has 3 rings (SSSR count). The van der Waals surface area contributed by atoms with Gasteiger partial charge >= 0.3 is 0 Å². The Bertz CT molecular complexity index is 866. The summed E-state index contributed by atoms with van der Waals surface area (Å²) in [6, 6.07) is 11.5. The number of carbonyl (C=O) groups is 1. The first-order valence-electron chi connectivity index (χ1n) is 9.67. The molecule has 7 heteroatoms. The maximum absolute atomic E-state index is 13.4. The maximum atomic E-state index is 13.4. The van der Waals surface area contributed by atoms with E-state index in [1.807, 2.05) is 36.1 Å². The molecule has 0 aromatic heterocycles. The molecule has 0 N–H and O–H groups in total. The summed E-state index contributed by atoms with van der Waals surface area (Å²) < 4.78 is 32.1. The summed E-state index contributed by atoms with van der Waals surface area (Å²) in [7, 11) is 0. The van der Waals surface area contributed by atoms with Gasteiger partial charge in [0.15, 0.2) is 18.2 Å². The number of anilines is 1. The molecule has 4 nitrogen and oxygen atoms in total. The Hall–Kier alpha value is -2.54. The number of ether oxygens (including phenoxy) is 1. The molecule has 1 aliphatic heterocycles. The van der Waals surface area contributed by atoms with Crippen LogP contribution in [0.4, 0.5) is 14.5 Å². The predicted molar refractivity (Wildman–Crippen MR) is 114 cm³/mol. The average molecular weight is 419 g/mol. The molecule has 29 heavy (non-hydrogen) atoms. The van der Waals surface area contributed by atoms with Gasteiger partial charge in [-0.2, -0.15) is 0 Å². The average Bonchev–Trinajstić information content (AvgIpc) is 2.75. The highest BCUT2D eigenvalue weighted by atomic mass is 32.1. The summed E-state index contributed by atoms with van der Waals surface area (Å²) in [6.45, 7) is 4.15. The Morgan fingerprint density at radius 2 is 1.72 bits per heavy atom. The molecule has 1 heterocycles. The zero-order valence-corrected chi connectivity index (χ0v) is 17.2. The number of hydrogen-bond donors (Lipinski definition) is 0. The van der Waals surface area contributed by atoms with Crippen LogP contribution in [0, 0.1) is 11.6 Å². The monoisotopic (exact) mass is 418 g/mol. The molecule has 0 atom stereocenters. The molecule has 0 unspecified atom stereocenters. The minimum Gasteiger partial charge on any atom is -0.484 e. The number of benzene rings is 2. The van der Waals surface area contributed by atoms with Gasteiger partial charge in [0, 0.05) is 44.4 Å². The van der Waals surface area contributed by atoms with E-state index in [4.69, 9.17) is 17.0 Å². The van der Waals surface area contributed by atoms with Gasteiger partial charge in [-0.3, -0.25) is 4.79 Å². The van der Waals surface area contributed by atoms with Crippen molar-refractivity contribution >= 4 is 28.7 Å². The topological polar surface area (TPSA) is 32.8 Å². The van der Waals surface area contributed by atoms with Gasteiger partial charge in [0.2, 0.25) is 0 Å². The van der Waals surface area contributed by atoms with E-state index in [2.05, 4.69) is 0 Å². The van der Waals surface area contributed by atoms with E-state index < -0.39 is 11.6 Å². The summed E-state index contributed by atoms with van der Waals surface area (Å²) >= 11 is 5.26. The molecular weight excluding hydrogens is 394 g/mol. The van der Waals surface area contributed by atoms with Gasteiger partial charge in [-0.15, -0.1) is 0 Å². The molecule has 0 saturated carbocycles. The molecule has 154 valence electrons. The summed E-state index contributed by atoms with van der Waals surface area (Å²) in [5, 5.41) is 0. The van der Waals surface area contributed by atoms with E-state index in [0.29, 0.717) is 37.6 Å². The summed E-state index contributed by atoms with van der Waals surface area (Å²) in [6.07, 6.45) is 1.65. The van der Waals surface area contributed by atoms with Crippen LogP contribution in [0.2, 0.25) is 0 Å². The Morgan fingerprint density at radius 1 is 1.03 bits per heavy atom. The fourth-order valence-corrected chi connectivity index (χ4v) is 3.36. The number of nitrogens with zero attached hydrogens (tertiary/aromatic N) is 2. The third-order valence-corrected chi connectivity index (χ3v) is 5.42. The second-order valence-corrected chi connectivity index (χ2v) is 7.55. The molecule has 2 aromatic rings. The second kappa shape index (κ2) is 9.78. The van der Waals surface area contributed by atoms with Crippen molar-refractivity contribution in [1.82, 2.24) is 4.90 Å². The van der Waals surface area contributed by atoms with Gasteiger partial charge in [-0.05, 0) is 41.1 Å². The van der Waals surface area contributed by atoms with Gasteiger partial charge in [-0.1, -0.05) is 31.3 Å². The zero-order valence-electron chi connectivity index (χ0n) is 16.4. The Morgan fingerprint density at radius 3 is 2.34 bits per heavy atom. The Balaban J connectivity index is 1.46. The van der Waals surface area contributed by atoms with Gasteiger partial charge in [0.1, 0.15) is 5.75 Å². The van der Waals surface area contributed by atoms with Crippen LogP contribution < -0.4 is 9.64 Å². The zero-order chi connectivity index (χ0) is 20.8. The van der Waals surface area contributed by atoms with Crippen LogP contribution in [-0.2, 0) is 11.2 Å². The molecule has 1 saturated heterocycles. The summed E-state index contributed by atoms with van der Waals surface area (Å²) in [5.74, 6) is -1.17. The molecule has 0 radical (unpaired) electrons. The van der Waals surface area contributed by atoms with E-state index in [-0.39, 0.29) is 12.5 Å². The first-order valence-corrected chi connectivity index (χ1v) is 10.1. The van der Waals surface area contributed by atoms with Gasteiger partial charge < -0.3 is 14.5 Å². The Kier molecular flexibility index (Phi) is 7.14. The van der Waals surface area contributed by atoms with Crippen molar-refractivity contribution in [2.75, 3.05) is 37.7 Å². The predicted octanol–water partition coefficient (Wildman–Crippen LogP) is 4.01. The third kappa shape index (κ3) is 5.73.